The van der Waals surface area contributed by atoms with Gasteiger partial charge in [-0.1, -0.05) is 24.2 Å². The molecule has 0 atom stereocenters. The Kier molecular flexibility index (Phi) is 3.29. The molecule has 4 nitrogen and oxygen atoms in total. The third-order valence-corrected chi connectivity index (χ3v) is 4.53. The second-order valence-corrected chi connectivity index (χ2v) is 5.94. The van der Waals surface area contributed by atoms with E-state index in [4.69, 9.17) is 11.6 Å². The summed E-state index contributed by atoms with van der Waals surface area (Å²) in [7, 11) is 0. The number of rotatable bonds is 4. The lowest BCUT2D eigenvalue weighted by Crippen LogP contribution is -2.01. The van der Waals surface area contributed by atoms with Crippen molar-refractivity contribution in [3.63, 3.8) is 0 Å². The highest BCUT2D eigenvalue weighted by molar-refractivity contribution is 7.16. The second-order valence-electron chi connectivity index (χ2n) is 4.52. The molecule has 0 amide bonds. The van der Waals surface area contributed by atoms with E-state index in [-0.39, 0.29) is 0 Å². The van der Waals surface area contributed by atoms with Crippen molar-refractivity contribution in [2.75, 3.05) is 5.88 Å². The van der Waals surface area contributed by atoms with E-state index < -0.39 is 0 Å². The minimum Gasteiger partial charge on any atom is -0.187 e. The molecule has 0 saturated heterocycles. The van der Waals surface area contributed by atoms with Gasteiger partial charge in [-0.25, -0.2) is 0 Å². The predicted molar refractivity (Wildman–Crippen MR) is 68.9 cm³/mol. The van der Waals surface area contributed by atoms with Crippen LogP contribution in [0.3, 0.4) is 0 Å². The molecule has 1 saturated carbocycles. The molecule has 92 valence electrons. The molecule has 0 bridgehead atoms. The summed E-state index contributed by atoms with van der Waals surface area (Å²) in [5, 5.41) is 14.2. The van der Waals surface area contributed by atoms with Gasteiger partial charge in [-0.2, -0.15) is 9.61 Å². The summed E-state index contributed by atoms with van der Waals surface area (Å²) in [5.41, 5.74) is 0. The zero-order valence-electron chi connectivity index (χ0n) is 9.60. The van der Waals surface area contributed by atoms with Crippen molar-refractivity contribution >= 4 is 27.9 Å². The van der Waals surface area contributed by atoms with E-state index in [1.165, 1.54) is 25.7 Å². The first-order chi connectivity index (χ1) is 8.38. The van der Waals surface area contributed by atoms with Gasteiger partial charge in [0, 0.05) is 18.2 Å². The summed E-state index contributed by atoms with van der Waals surface area (Å²) >= 11 is 7.34. The summed E-state index contributed by atoms with van der Waals surface area (Å²) < 4.78 is 1.95. The van der Waals surface area contributed by atoms with Crippen LogP contribution in [0.25, 0.3) is 4.96 Å². The van der Waals surface area contributed by atoms with E-state index in [2.05, 4.69) is 15.3 Å². The average Bonchev–Trinajstić information content (AvgIpc) is 3.01. The molecule has 6 heteroatoms. The van der Waals surface area contributed by atoms with Gasteiger partial charge < -0.3 is 0 Å². The first-order valence-corrected chi connectivity index (χ1v) is 7.50. The molecule has 0 unspecified atom stereocenters. The molecule has 2 heterocycles. The van der Waals surface area contributed by atoms with Gasteiger partial charge in [-0.05, 0) is 19.3 Å². The maximum Gasteiger partial charge on any atom is 0.234 e. The molecule has 2 aromatic heterocycles. The van der Waals surface area contributed by atoms with Crippen molar-refractivity contribution in [2.45, 2.75) is 44.4 Å². The Morgan fingerprint density at radius 2 is 2.12 bits per heavy atom. The number of aromatic nitrogens is 4. The second kappa shape index (κ2) is 4.90. The number of fused-ring (bicyclic) bond motifs is 1. The molecule has 0 radical (unpaired) electrons. The van der Waals surface area contributed by atoms with Crippen molar-refractivity contribution in [2.24, 2.45) is 0 Å². The van der Waals surface area contributed by atoms with Crippen molar-refractivity contribution in [1.29, 1.82) is 0 Å². The maximum atomic E-state index is 5.70. The van der Waals surface area contributed by atoms with Gasteiger partial charge in [0.2, 0.25) is 4.96 Å². The van der Waals surface area contributed by atoms with Gasteiger partial charge in [0.15, 0.2) is 5.82 Å². The highest BCUT2D eigenvalue weighted by Gasteiger charge is 2.23. The van der Waals surface area contributed by atoms with Gasteiger partial charge >= 0.3 is 0 Å². The summed E-state index contributed by atoms with van der Waals surface area (Å²) in [5.74, 6) is 2.31. The summed E-state index contributed by atoms with van der Waals surface area (Å²) in [6.45, 7) is 0. The minimum atomic E-state index is 0.563. The van der Waals surface area contributed by atoms with Crippen LogP contribution >= 0.6 is 22.9 Å². The Hall–Kier alpha value is -0.680. The Balaban J connectivity index is 1.88. The lowest BCUT2D eigenvalue weighted by Gasteiger charge is -2.03. The van der Waals surface area contributed by atoms with E-state index in [0.29, 0.717) is 11.8 Å². The Morgan fingerprint density at radius 3 is 2.88 bits per heavy atom. The van der Waals surface area contributed by atoms with Gasteiger partial charge in [-0.3, -0.25) is 0 Å². The monoisotopic (exact) mass is 270 g/mol. The largest absolute Gasteiger partial charge is 0.234 e. The quantitative estimate of drug-likeness (QED) is 0.802. The maximum absolute atomic E-state index is 5.70. The molecule has 0 N–H and O–H groups in total. The molecule has 1 aliphatic carbocycles. The first-order valence-electron chi connectivity index (χ1n) is 6.15. The molecule has 2 aromatic rings. The lowest BCUT2D eigenvalue weighted by molar-refractivity contribution is 0.637. The van der Waals surface area contributed by atoms with Crippen LogP contribution in [0.5, 0.6) is 0 Å². The van der Waals surface area contributed by atoms with Crippen LogP contribution in [0.4, 0.5) is 0 Å². The zero-order valence-corrected chi connectivity index (χ0v) is 11.2. The van der Waals surface area contributed by atoms with E-state index >= 15 is 0 Å². The third kappa shape index (κ3) is 2.18. The number of hydrogen-bond donors (Lipinski definition) is 0. The van der Waals surface area contributed by atoms with Crippen LogP contribution in [0.2, 0.25) is 0 Å². The summed E-state index contributed by atoms with van der Waals surface area (Å²) in [6, 6.07) is 0. The normalized spacial score (nSPS) is 17.2. The highest BCUT2D eigenvalue weighted by Crippen LogP contribution is 2.33. The van der Waals surface area contributed by atoms with Gasteiger partial charge in [-0.15, -0.1) is 21.8 Å². The zero-order chi connectivity index (χ0) is 11.7. The Bertz CT molecular complexity index is 501. The Morgan fingerprint density at radius 1 is 1.29 bits per heavy atom. The predicted octanol–water partition coefficient (Wildman–Crippen LogP) is 3.01. The molecule has 1 fully saturated rings. The van der Waals surface area contributed by atoms with Crippen LogP contribution in [0.1, 0.15) is 48.9 Å². The molecule has 1 aliphatic rings. The highest BCUT2D eigenvalue weighted by atomic mass is 35.5. The van der Waals surface area contributed by atoms with E-state index in [1.54, 1.807) is 11.3 Å². The number of alkyl halides is 1. The standard InChI is InChI=1S/C11H15ClN4S/c12-7-3-6-9-15-16-10(8-4-1-2-5-8)13-14-11(16)17-9/h8H,1-7H2. The van der Waals surface area contributed by atoms with Crippen LogP contribution < -0.4 is 0 Å². The number of hydrogen-bond acceptors (Lipinski definition) is 4. The van der Waals surface area contributed by atoms with Crippen molar-refractivity contribution in [3.8, 4) is 0 Å². The van der Waals surface area contributed by atoms with Crippen molar-refractivity contribution in [1.82, 2.24) is 19.8 Å². The van der Waals surface area contributed by atoms with Crippen LogP contribution in [-0.4, -0.2) is 25.7 Å². The Labute approximate surface area is 109 Å². The third-order valence-electron chi connectivity index (χ3n) is 3.30. The topological polar surface area (TPSA) is 43.1 Å². The number of aryl methyl sites for hydroxylation is 1. The molecule has 3 rings (SSSR count). The number of nitrogens with zero attached hydrogens (tertiary/aromatic N) is 4. The minimum absolute atomic E-state index is 0.563. The summed E-state index contributed by atoms with van der Waals surface area (Å²) in [4.78, 5) is 0.927. The molecule has 0 aliphatic heterocycles. The lowest BCUT2D eigenvalue weighted by atomic mass is 10.1. The molecule has 0 spiro atoms. The van der Waals surface area contributed by atoms with Gasteiger partial charge in [0.25, 0.3) is 0 Å². The fourth-order valence-electron chi connectivity index (χ4n) is 2.43. The van der Waals surface area contributed by atoms with Crippen molar-refractivity contribution in [3.05, 3.63) is 10.8 Å². The van der Waals surface area contributed by atoms with Crippen molar-refractivity contribution < 1.29 is 0 Å². The van der Waals surface area contributed by atoms with Crippen LogP contribution in [0, 0.1) is 0 Å². The smallest absolute Gasteiger partial charge is 0.187 e. The molecule has 17 heavy (non-hydrogen) atoms. The van der Waals surface area contributed by atoms with E-state index in [1.807, 2.05) is 4.52 Å². The fraction of sp³-hybridized carbons (Fsp3) is 0.727. The molecular formula is C11H15ClN4S. The molecule has 0 aromatic carbocycles. The van der Waals surface area contributed by atoms with E-state index in [0.717, 1.165) is 28.6 Å². The van der Waals surface area contributed by atoms with Gasteiger partial charge in [0.1, 0.15) is 5.01 Å². The SMILES string of the molecule is ClCCCc1nn2c(C3CCCC3)nnc2s1. The van der Waals surface area contributed by atoms with Crippen LogP contribution in [0.15, 0.2) is 0 Å². The fourth-order valence-corrected chi connectivity index (χ4v) is 3.45. The molecular weight excluding hydrogens is 256 g/mol. The summed E-state index contributed by atoms with van der Waals surface area (Å²) in [6.07, 6.45) is 7.00. The van der Waals surface area contributed by atoms with Crippen LogP contribution in [-0.2, 0) is 6.42 Å². The van der Waals surface area contributed by atoms with E-state index in [9.17, 15) is 0 Å². The first kappa shape index (κ1) is 11.4. The number of halogens is 1. The van der Waals surface area contributed by atoms with Gasteiger partial charge in [0.05, 0.1) is 0 Å². The average molecular weight is 271 g/mol.